The van der Waals surface area contributed by atoms with Crippen LogP contribution in [0.4, 0.5) is 4.79 Å². The molecule has 0 saturated carbocycles. The van der Waals surface area contributed by atoms with E-state index in [1.165, 1.54) is 0 Å². The zero-order valence-corrected chi connectivity index (χ0v) is 23.3. The van der Waals surface area contributed by atoms with Gasteiger partial charge in [-0.1, -0.05) is 84.9 Å². The van der Waals surface area contributed by atoms with E-state index in [-0.39, 0.29) is 38.3 Å². The van der Waals surface area contributed by atoms with Crippen LogP contribution in [-0.4, -0.2) is 47.2 Å². The van der Waals surface area contributed by atoms with Crippen molar-refractivity contribution in [1.82, 2.24) is 20.9 Å². The van der Waals surface area contributed by atoms with E-state index < -0.39 is 29.8 Å². The number of nitrogens with zero attached hydrogens (tertiary/aromatic N) is 1. The summed E-state index contributed by atoms with van der Waals surface area (Å²) in [6.45, 7) is 0.742. The summed E-state index contributed by atoms with van der Waals surface area (Å²) in [6, 6.07) is 23.6. The molecule has 0 heterocycles. The van der Waals surface area contributed by atoms with E-state index in [1.807, 2.05) is 48.5 Å². The first-order valence-electron chi connectivity index (χ1n) is 13.6. The number of nitrogens with two attached hydrogens (primary N) is 2. The maximum absolute atomic E-state index is 13.7. The molecule has 11 nitrogen and oxygen atoms in total. The molecule has 1 atom stereocenters. The summed E-state index contributed by atoms with van der Waals surface area (Å²) < 4.78 is 0. The minimum atomic E-state index is -1.08. The first kappa shape index (κ1) is 31.3. The van der Waals surface area contributed by atoms with E-state index in [0.29, 0.717) is 13.0 Å². The molecule has 0 aliphatic heterocycles. The lowest BCUT2D eigenvalue weighted by Crippen LogP contribution is -2.53. The molecule has 0 aromatic heterocycles. The molecule has 42 heavy (non-hydrogen) atoms. The van der Waals surface area contributed by atoms with Crippen LogP contribution in [0.25, 0.3) is 0 Å². The van der Waals surface area contributed by atoms with Crippen LogP contribution in [0.1, 0.15) is 35.1 Å². The molecule has 0 unspecified atom stereocenters. The summed E-state index contributed by atoms with van der Waals surface area (Å²) in [5.74, 6) is -1.64. The molecule has 220 valence electrons. The summed E-state index contributed by atoms with van der Waals surface area (Å²) in [6.07, 6.45) is 0.465. The van der Waals surface area contributed by atoms with E-state index in [2.05, 4.69) is 16.0 Å². The minimum absolute atomic E-state index is 0.0440. The van der Waals surface area contributed by atoms with E-state index >= 15 is 0 Å². The lowest BCUT2D eigenvalue weighted by molar-refractivity contribution is -0.151. The highest BCUT2D eigenvalue weighted by Crippen LogP contribution is 2.15. The molecule has 0 saturated heterocycles. The van der Waals surface area contributed by atoms with E-state index in [9.17, 15) is 19.2 Å². The fourth-order valence-electron chi connectivity index (χ4n) is 4.37. The summed E-state index contributed by atoms with van der Waals surface area (Å²) in [4.78, 5) is 53.0. The fourth-order valence-corrected chi connectivity index (χ4v) is 4.37. The minimum Gasteiger partial charge on any atom is -0.370 e. The van der Waals surface area contributed by atoms with E-state index in [4.69, 9.17) is 16.9 Å². The highest BCUT2D eigenvalue weighted by molar-refractivity contribution is 6.01. The number of hydrogen-bond acceptors (Lipinski definition) is 5. The number of urea groups is 1. The molecule has 3 aromatic carbocycles. The molecule has 5 amide bonds. The van der Waals surface area contributed by atoms with Gasteiger partial charge in [-0.15, -0.1) is 0 Å². The standard InChI is InChI=1S/C31H37N7O4/c32-30(33)35-17-7-12-26(29(41)36-20-24-13-15-25(16-14-24)21-37-31(34)42)38(27(39)18-22-8-3-1-4-9-22)28(40)19-23-10-5-2-6-11-23/h1-6,8-11,13-16,26H,7,12,17-21H2,(H,36,41)(H4,32,33,35)(H3,34,37,42)/t26-/m1/s1. The maximum atomic E-state index is 13.7. The van der Waals surface area contributed by atoms with Crippen molar-refractivity contribution in [1.29, 1.82) is 5.41 Å². The van der Waals surface area contributed by atoms with Gasteiger partial charge in [0.15, 0.2) is 5.96 Å². The van der Waals surface area contributed by atoms with Crippen molar-refractivity contribution in [3.8, 4) is 0 Å². The number of primary amides is 1. The smallest absolute Gasteiger partial charge is 0.312 e. The van der Waals surface area contributed by atoms with Gasteiger partial charge in [0.05, 0.1) is 12.8 Å². The Balaban J connectivity index is 1.82. The van der Waals surface area contributed by atoms with Crippen molar-refractivity contribution in [3.05, 3.63) is 107 Å². The molecule has 3 rings (SSSR count). The molecular formula is C31H37N7O4. The number of imide groups is 1. The number of carbonyl (C=O) groups is 4. The van der Waals surface area contributed by atoms with E-state index in [0.717, 1.165) is 27.2 Å². The van der Waals surface area contributed by atoms with Gasteiger partial charge in [0.1, 0.15) is 6.04 Å². The summed E-state index contributed by atoms with van der Waals surface area (Å²) in [5, 5.41) is 15.5. The van der Waals surface area contributed by atoms with Gasteiger partial charge in [-0.05, 0) is 35.1 Å². The number of rotatable bonds is 14. The normalized spacial score (nSPS) is 11.1. The average Bonchev–Trinajstić information content (AvgIpc) is 2.97. The van der Waals surface area contributed by atoms with Crippen LogP contribution >= 0.6 is 0 Å². The predicted molar refractivity (Wildman–Crippen MR) is 160 cm³/mol. The van der Waals surface area contributed by atoms with Crippen molar-refractivity contribution in [3.63, 3.8) is 0 Å². The van der Waals surface area contributed by atoms with Crippen LogP contribution in [0.2, 0.25) is 0 Å². The first-order chi connectivity index (χ1) is 20.2. The second kappa shape index (κ2) is 16.2. The number of benzene rings is 3. The zero-order valence-electron chi connectivity index (χ0n) is 23.3. The Morgan fingerprint density at radius 3 is 1.60 bits per heavy atom. The quantitative estimate of drug-likeness (QED) is 0.0976. The van der Waals surface area contributed by atoms with Crippen molar-refractivity contribution in [2.75, 3.05) is 6.54 Å². The maximum Gasteiger partial charge on any atom is 0.312 e. The lowest BCUT2D eigenvalue weighted by atomic mass is 10.0. The molecule has 0 aliphatic rings. The largest absolute Gasteiger partial charge is 0.370 e. The van der Waals surface area contributed by atoms with Crippen LogP contribution in [0, 0.1) is 5.41 Å². The molecular weight excluding hydrogens is 534 g/mol. The van der Waals surface area contributed by atoms with Gasteiger partial charge < -0.3 is 27.4 Å². The third kappa shape index (κ3) is 10.4. The molecule has 3 aromatic rings. The lowest BCUT2D eigenvalue weighted by Gasteiger charge is -2.30. The Bertz CT molecular complexity index is 1300. The van der Waals surface area contributed by atoms with Crippen LogP contribution < -0.4 is 27.4 Å². The predicted octanol–water partition coefficient (Wildman–Crippen LogP) is 1.94. The van der Waals surface area contributed by atoms with Crippen LogP contribution in [0.5, 0.6) is 0 Å². The average molecular weight is 572 g/mol. The second-order valence-electron chi connectivity index (χ2n) is 9.73. The molecule has 0 aliphatic carbocycles. The Kier molecular flexibility index (Phi) is 12.1. The number of carbonyl (C=O) groups excluding carboxylic acids is 4. The van der Waals surface area contributed by atoms with Crippen molar-refractivity contribution >= 4 is 29.7 Å². The Hall–Kier alpha value is -5.19. The molecule has 0 radical (unpaired) electrons. The molecule has 0 bridgehead atoms. The molecule has 8 N–H and O–H groups in total. The summed E-state index contributed by atoms with van der Waals surface area (Å²) in [5.41, 5.74) is 13.6. The Labute approximate surface area is 245 Å². The third-order valence-electron chi connectivity index (χ3n) is 6.47. The van der Waals surface area contributed by atoms with E-state index in [1.54, 1.807) is 36.4 Å². The second-order valence-corrected chi connectivity index (χ2v) is 9.73. The molecule has 0 spiro atoms. The van der Waals surface area contributed by atoms with Crippen molar-refractivity contribution in [2.45, 2.75) is 44.8 Å². The number of guanidine groups is 1. The summed E-state index contributed by atoms with van der Waals surface area (Å²) >= 11 is 0. The first-order valence-corrected chi connectivity index (χ1v) is 13.6. The van der Waals surface area contributed by atoms with Gasteiger partial charge in [0.2, 0.25) is 17.7 Å². The van der Waals surface area contributed by atoms with Gasteiger partial charge in [-0.2, -0.15) is 0 Å². The topological polar surface area (TPSA) is 184 Å². The van der Waals surface area contributed by atoms with Gasteiger partial charge >= 0.3 is 6.03 Å². The van der Waals surface area contributed by atoms with Gasteiger partial charge in [0.25, 0.3) is 0 Å². The molecule has 11 heteroatoms. The van der Waals surface area contributed by atoms with Crippen molar-refractivity contribution < 1.29 is 19.2 Å². The highest BCUT2D eigenvalue weighted by Gasteiger charge is 2.34. The SMILES string of the molecule is N=C(N)NCCC[C@H](C(=O)NCc1ccc(CNC(N)=O)cc1)N(C(=O)Cc1ccccc1)C(=O)Cc1ccccc1. The number of hydrogen-bond donors (Lipinski definition) is 6. The zero-order chi connectivity index (χ0) is 30.3. The number of nitrogens with one attached hydrogen (secondary N) is 4. The fraction of sp³-hybridized carbons (Fsp3) is 0.258. The number of amides is 5. The third-order valence-corrected chi connectivity index (χ3v) is 6.47. The monoisotopic (exact) mass is 571 g/mol. The Morgan fingerprint density at radius 1 is 0.667 bits per heavy atom. The van der Waals surface area contributed by atoms with Crippen LogP contribution in [-0.2, 0) is 40.3 Å². The molecule has 0 fully saturated rings. The Morgan fingerprint density at radius 2 is 1.14 bits per heavy atom. The van der Waals surface area contributed by atoms with Gasteiger partial charge in [0, 0.05) is 19.6 Å². The van der Waals surface area contributed by atoms with Crippen molar-refractivity contribution in [2.24, 2.45) is 11.5 Å². The van der Waals surface area contributed by atoms with Gasteiger partial charge in [-0.25, -0.2) is 4.79 Å². The summed E-state index contributed by atoms with van der Waals surface area (Å²) in [7, 11) is 0. The van der Waals surface area contributed by atoms with Crippen LogP contribution in [0.3, 0.4) is 0 Å². The van der Waals surface area contributed by atoms with Crippen LogP contribution in [0.15, 0.2) is 84.9 Å². The van der Waals surface area contributed by atoms with Gasteiger partial charge in [-0.3, -0.25) is 24.7 Å². The highest BCUT2D eigenvalue weighted by atomic mass is 16.2.